The van der Waals surface area contributed by atoms with Crippen LogP contribution in [0.3, 0.4) is 0 Å². The van der Waals surface area contributed by atoms with Gasteiger partial charge in [0.15, 0.2) is 0 Å². The summed E-state index contributed by atoms with van der Waals surface area (Å²) in [5.74, 6) is -1.29. The van der Waals surface area contributed by atoms with Gasteiger partial charge >= 0.3 is 12.1 Å². The van der Waals surface area contributed by atoms with Crippen LogP contribution in [0, 0.1) is 6.92 Å². The van der Waals surface area contributed by atoms with Crippen LogP contribution in [-0.4, -0.2) is 36.4 Å². The van der Waals surface area contributed by atoms with Gasteiger partial charge in [-0.3, -0.25) is 5.32 Å². The number of aliphatic carboxylic acids is 1. The highest BCUT2D eigenvalue weighted by molar-refractivity contribution is 5.81. The van der Waals surface area contributed by atoms with Gasteiger partial charge in [0.2, 0.25) is 0 Å². The number of hydrogen-bond acceptors (Lipinski definition) is 4. The Kier molecular flexibility index (Phi) is 8.26. The van der Waals surface area contributed by atoms with E-state index in [0.717, 1.165) is 44.5 Å². The highest BCUT2D eigenvalue weighted by atomic mass is 16.5. The number of carboxylic acid groups (broad SMARTS) is 1. The first-order chi connectivity index (χ1) is 21.5. The average Bonchev–Trinajstić information content (AvgIpc) is 3.38. The summed E-state index contributed by atoms with van der Waals surface area (Å²) in [6, 6.07) is 43.0. The molecule has 6 rings (SSSR count). The van der Waals surface area contributed by atoms with Crippen molar-refractivity contribution < 1.29 is 19.4 Å². The third-order valence-electron chi connectivity index (χ3n) is 8.40. The van der Waals surface area contributed by atoms with Crippen LogP contribution in [0.25, 0.3) is 11.1 Å². The van der Waals surface area contributed by atoms with Crippen molar-refractivity contribution in [1.29, 1.82) is 0 Å². The van der Waals surface area contributed by atoms with E-state index in [4.69, 9.17) is 4.74 Å². The smallest absolute Gasteiger partial charge is 0.407 e. The van der Waals surface area contributed by atoms with E-state index in [1.165, 1.54) is 0 Å². The molecule has 0 radical (unpaired) electrons. The Morgan fingerprint density at radius 1 is 0.705 bits per heavy atom. The molecule has 0 saturated heterocycles. The number of alkyl carbamates (subject to hydrolysis) is 1. The summed E-state index contributed by atoms with van der Waals surface area (Å²) >= 11 is 0. The van der Waals surface area contributed by atoms with Crippen molar-refractivity contribution in [3.63, 3.8) is 0 Å². The molecule has 1 aliphatic rings. The lowest BCUT2D eigenvalue weighted by Gasteiger charge is -2.38. The van der Waals surface area contributed by atoms with Crippen LogP contribution in [0.15, 0.2) is 133 Å². The second-order valence-corrected chi connectivity index (χ2v) is 11.1. The number of nitrogens with one attached hydrogen (secondary N) is 2. The van der Waals surface area contributed by atoms with E-state index >= 15 is 0 Å². The lowest BCUT2D eigenvalue weighted by atomic mass is 9.76. The molecule has 0 unspecified atom stereocenters. The van der Waals surface area contributed by atoms with Crippen molar-refractivity contribution in [1.82, 2.24) is 10.6 Å². The first-order valence-electron chi connectivity index (χ1n) is 14.7. The molecule has 1 aliphatic carbocycles. The van der Waals surface area contributed by atoms with E-state index in [0.29, 0.717) is 0 Å². The minimum absolute atomic E-state index is 0.0583. The van der Waals surface area contributed by atoms with Crippen LogP contribution < -0.4 is 10.6 Å². The predicted molar refractivity (Wildman–Crippen MR) is 172 cm³/mol. The molecule has 220 valence electrons. The predicted octanol–water partition coefficient (Wildman–Crippen LogP) is 6.87. The number of amides is 1. The molecular formula is C38H34N2O4. The Labute approximate surface area is 257 Å². The largest absolute Gasteiger partial charge is 0.480 e. The minimum atomic E-state index is -1.25. The Balaban J connectivity index is 1.24. The molecule has 0 spiro atoms. The van der Waals surface area contributed by atoms with E-state index in [9.17, 15) is 14.7 Å². The van der Waals surface area contributed by atoms with Crippen molar-refractivity contribution in [2.75, 3.05) is 13.2 Å². The molecular weight excluding hydrogens is 548 g/mol. The van der Waals surface area contributed by atoms with Gasteiger partial charge in [0.25, 0.3) is 0 Å². The third kappa shape index (κ3) is 5.60. The molecule has 1 amide bonds. The van der Waals surface area contributed by atoms with Crippen molar-refractivity contribution in [2.24, 2.45) is 0 Å². The molecule has 3 N–H and O–H groups in total. The van der Waals surface area contributed by atoms with Crippen LogP contribution in [0.5, 0.6) is 0 Å². The highest BCUT2D eigenvalue weighted by Crippen LogP contribution is 2.44. The van der Waals surface area contributed by atoms with Crippen LogP contribution in [0.2, 0.25) is 0 Å². The molecule has 1 atom stereocenters. The fourth-order valence-electron chi connectivity index (χ4n) is 6.22. The van der Waals surface area contributed by atoms with E-state index in [1.54, 1.807) is 0 Å². The van der Waals surface area contributed by atoms with Gasteiger partial charge in [0.1, 0.15) is 12.6 Å². The Morgan fingerprint density at radius 3 is 1.70 bits per heavy atom. The second-order valence-electron chi connectivity index (χ2n) is 11.1. The highest BCUT2D eigenvalue weighted by Gasteiger charge is 2.38. The number of benzene rings is 5. The van der Waals surface area contributed by atoms with E-state index in [-0.39, 0.29) is 19.1 Å². The van der Waals surface area contributed by atoms with Crippen molar-refractivity contribution in [3.05, 3.63) is 167 Å². The summed E-state index contributed by atoms with van der Waals surface area (Å²) in [4.78, 5) is 25.6. The van der Waals surface area contributed by atoms with Gasteiger partial charge in [-0.25, -0.2) is 9.59 Å². The summed E-state index contributed by atoms with van der Waals surface area (Å²) in [7, 11) is 0. The molecule has 5 aromatic rings. The summed E-state index contributed by atoms with van der Waals surface area (Å²) in [5, 5.41) is 16.4. The Hall–Kier alpha value is -5.20. The monoisotopic (exact) mass is 582 g/mol. The van der Waals surface area contributed by atoms with Crippen molar-refractivity contribution in [2.45, 2.75) is 24.4 Å². The standard InChI is InChI=1S/C38H34N2O4/c1-26-20-22-29(23-21-26)38(27-12-4-2-5-13-27,28-14-6-3-7-15-28)39-24-35(36(41)42)40-37(43)44-25-34-32-18-10-8-16-30(32)31-17-9-11-19-33(31)34/h2-23,34-35,39H,24-25H2,1H3,(H,40,43)(H,41,42)/t35-/m1/s1. The number of rotatable bonds is 10. The number of carbonyl (C=O) groups excluding carboxylic acids is 1. The van der Waals surface area contributed by atoms with Crippen LogP contribution >= 0.6 is 0 Å². The van der Waals surface area contributed by atoms with Gasteiger partial charge in [-0.2, -0.15) is 0 Å². The average molecular weight is 583 g/mol. The quantitative estimate of drug-likeness (QED) is 0.157. The molecule has 6 nitrogen and oxygen atoms in total. The van der Waals surface area contributed by atoms with Gasteiger partial charge in [0.05, 0.1) is 5.54 Å². The van der Waals surface area contributed by atoms with Gasteiger partial charge in [0, 0.05) is 12.5 Å². The van der Waals surface area contributed by atoms with Gasteiger partial charge < -0.3 is 15.2 Å². The first kappa shape index (κ1) is 28.9. The number of ether oxygens (including phenoxy) is 1. The molecule has 0 heterocycles. The summed E-state index contributed by atoms with van der Waals surface area (Å²) in [6.07, 6.45) is -0.776. The van der Waals surface area contributed by atoms with Crippen molar-refractivity contribution in [3.8, 4) is 11.1 Å². The van der Waals surface area contributed by atoms with Crippen LogP contribution in [0.4, 0.5) is 4.79 Å². The summed E-state index contributed by atoms with van der Waals surface area (Å²) < 4.78 is 5.68. The van der Waals surface area contributed by atoms with Crippen LogP contribution in [0.1, 0.15) is 39.3 Å². The Morgan fingerprint density at radius 2 is 1.18 bits per heavy atom. The normalized spacial score (nSPS) is 13.0. The minimum Gasteiger partial charge on any atom is -0.480 e. The summed E-state index contributed by atoms with van der Waals surface area (Å²) in [6.45, 7) is 2.07. The maximum atomic E-state index is 13.1. The van der Waals surface area contributed by atoms with Crippen LogP contribution in [-0.2, 0) is 15.1 Å². The molecule has 0 fully saturated rings. The molecule has 44 heavy (non-hydrogen) atoms. The Bertz CT molecular complexity index is 1670. The molecule has 0 aliphatic heterocycles. The van der Waals surface area contributed by atoms with E-state index < -0.39 is 23.6 Å². The van der Waals surface area contributed by atoms with Gasteiger partial charge in [-0.05, 0) is 45.9 Å². The zero-order chi connectivity index (χ0) is 30.5. The van der Waals surface area contributed by atoms with E-state index in [2.05, 4.69) is 34.9 Å². The molecule has 0 saturated carbocycles. The zero-order valence-corrected chi connectivity index (χ0v) is 24.4. The van der Waals surface area contributed by atoms with Crippen molar-refractivity contribution >= 4 is 12.1 Å². The molecule has 0 bridgehead atoms. The number of hydrogen-bond donors (Lipinski definition) is 3. The second kappa shape index (κ2) is 12.6. The fraction of sp³-hybridized carbons (Fsp3) is 0.158. The molecule has 6 heteroatoms. The number of aryl methyl sites for hydroxylation is 1. The lowest BCUT2D eigenvalue weighted by molar-refractivity contribution is -0.139. The maximum Gasteiger partial charge on any atom is 0.407 e. The topological polar surface area (TPSA) is 87.7 Å². The number of fused-ring (bicyclic) bond motifs is 3. The molecule has 0 aromatic heterocycles. The SMILES string of the molecule is Cc1ccc(C(NC[C@@H](NC(=O)OCC2c3ccccc3-c3ccccc32)C(=O)O)(c2ccccc2)c2ccccc2)cc1. The van der Waals surface area contributed by atoms with Gasteiger partial charge in [-0.1, -0.05) is 139 Å². The van der Waals surface area contributed by atoms with Gasteiger partial charge in [-0.15, -0.1) is 0 Å². The van der Waals surface area contributed by atoms with E-state index in [1.807, 2.05) is 116 Å². The third-order valence-corrected chi connectivity index (χ3v) is 8.40. The fourth-order valence-corrected chi connectivity index (χ4v) is 6.22. The number of carbonyl (C=O) groups is 2. The number of carboxylic acids is 1. The zero-order valence-electron chi connectivity index (χ0n) is 24.4. The maximum absolute atomic E-state index is 13.1. The molecule has 5 aromatic carbocycles. The first-order valence-corrected chi connectivity index (χ1v) is 14.7. The summed E-state index contributed by atoms with van der Waals surface area (Å²) in [5.41, 5.74) is 7.50. The lowest BCUT2D eigenvalue weighted by Crippen LogP contribution is -2.54.